The molecule has 2 aromatic rings. The Morgan fingerprint density at radius 1 is 1.55 bits per heavy atom. The SMILES string of the molecule is CC(NC(=O)c1ccccc1SCC#N)c1ncn[nH]1. The number of nitrogens with zero attached hydrogens (tertiary/aromatic N) is 3. The van der Waals surface area contributed by atoms with E-state index in [1.165, 1.54) is 18.1 Å². The van der Waals surface area contributed by atoms with Crippen LogP contribution in [0.4, 0.5) is 0 Å². The van der Waals surface area contributed by atoms with Crippen molar-refractivity contribution in [2.75, 3.05) is 5.75 Å². The Bertz CT molecular complexity index is 620. The predicted molar refractivity (Wildman–Crippen MR) is 75.0 cm³/mol. The molecule has 20 heavy (non-hydrogen) atoms. The van der Waals surface area contributed by atoms with E-state index in [0.717, 1.165) is 4.90 Å². The van der Waals surface area contributed by atoms with Crippen molar-refractivity contribution in [1.29, 1.82) is 5.26 Å². The number of aromatic amines is 1. The number of carbonyl (C=O) groups excluding carboxylic acids is 1. The van der Waals surface area contributed by atoms with Gasteiger partial charge in [0.2, 0.25) is 0 Å². The monoisotopic (exact) mass is 287 g/mol. The molecule has 1 aromatic heterocycles. The molecule has 1 aromatic carbocycles. The molecule has 2 rings (SSSR count). The highest BCUT2D eigenvalue weighted by Crippen LogP contribution is 2.22. The molecule has 0 saturated carbocycles. The fourth-order valence-corrected chi connectivity index (χ4v) is 2.37. The van der Waals surface area contributed by atoms with E-state index in [0.29, 0.717) is 17.1 Å². The standard InChI is InChI=1S/C13H13N5OS/c1-9(12-15-8-16-18-12)17-13(19)10-4-2-3-5-11(10)20-7-6-14/h2-5,8-9H,7H2,1H3,(H,17,19)(H,15,16,18). The molecule has 0 aliphatic heterocycles. The quantitative estimate of drug-likeness (QED) is 0.819. The number of benzene rings is 1. The lowest BCUT2D eigenvalue weighted by Gasteiger charge is -2.13. The van der Waals surface area contributed by atoms with E-state index in [-0.39, 0.29) is 11.9 Å². The molecule has 0 fully saturated rings. The molecule has 2 N–H and O–H groups in total. The Kier molecular flexibility index (Phi) is 4.74. The maximum absolute atomic E-state index is 12.3. The van der Waals surface area contributed by atoms with E-state index in [2.05, 4.69) is 26.6 Å². The van der Waals surface area contributed by atoms with Gasteiger partial charge in [0.15, 0.2) is 0 Å². The summed E-state index contributed by atoms with van der Waals surface area (Å²) in [7, 11) is 0. The fraction of sp³-hybridized carbons (Fsp3) is 0.231. The third kappa shape index (κ3) is 3.36. The van der Waals surface area contributed by atoms with E-state index in [1.54, 1.807) is 12.1 Å². The number of amides is 1. The van der Waals surface area contributed by atoms with Crippen molar-refractivity contribution in [3.05, 3.63) is 42.0 Å². The smallest absolute Gasteiger partial charge is 0.252 e. The summed E-state index contributed by atoms with van der Waals surface area (Å²) in [6, 6.07) is 9.00. The second-order valence-corrected chi connectivity index (χ2v) is 5.03. The van der Waals surface area contributed by atoms with E-state index >= 15 is 0 Å². The highest BCUT2D eigenvalue weighted by atomic mass is 32.2. The van der Waals surface area contributed by atoms with Crippen LogP contribution in [0.15, 0.2) is 35.5 Å². The molecule has 1 heterocycles. The van der Waals surface area contributed by atoms with Gasteiger partial charge in [0.25, 0.3) is 5.91 Å². The van der Waals surface area contributed by atoms with E-state index in [9.17, 15) is 4.79 Å². The number of nitriles is 1. The number of carbonyl (C=O) groups is 1. The average molecular weight is 287 g/mol. The van der Waals surface area contributed by atoms with Gasteiger partial charge in [-0.15, -0.1) is 11.8 Å². The highest BCUT2D eigenvalue weighted by Gasteiger charge is 2.16. The van der Waals surface area contributed by atoms with Crippen LogP contribution < -0.4 is 5.32 Å². The summed E-state index contributed by atoms with van der Waals surface area (Å²) < 4.78 is 0. The van der Waals surface area contributed by atoms with Crippen molar-refractivity contribution in [2.45, 2.75) is 17.9 Å². The van der Waals surface area contributed by atoms with Crippen molar-refractivity contribution in [2.24, 2.45) is 0 Å². The van der Waals surface area contributed by atoms with Gasteiger partial charge in [-0.2, -0.15) is 10.4 Å². The number of hydrogen-bond acceptors (Lipinski definition) is 5. The first-order valence-corrected chi connectivity index (χ1v) is 6.96. The largest absolute Gasteiger partial charge is 0.342 e. The van der Waals surface area contributed by atoms with E-state index in [4.69, 9.17) is 5.26 Å². The van der Waals surface area contributed by atoms with Crippen molar-refractivity contribution in [3.8, 4) is 6.07 Å². The lowest BCUT2D eigenvalue weighted by molar-refractivity contribution is 0.0935. The number of aromatic nitrogens is 3. The van der Waals surface area contributed by atoms with Crippen LogP contribution in [0.2, 0.25) is 0 Å². The van der Waals surface area contributed by atoms with Crippen LogP contribution in [-0.2, 0) is 0 Å². The maximum atomic E-state index is 12.3. The minimum atomic E-state index is -0.265. The molecule has 0 spiro atoms. The van der Waals surface area contributed by atoms with Gasteiger partial charge in [-0.05, 0) is 19.1 Å². The zero-order valence-corrected chi connectivity index (χ0v) is 11.6. The fourth-order valence-electron chi connectivity index (χ4n) is 1.66. The minimum Gasteiger partial charge on any atom is -0.342 e. The topological polar surface area (TPSA) is 94.5 Å². The summed E-state index contributed by atoms with van der Waals surface area (Å²) in [6.45, 7) is 1.82. The van der Waals surface area contributed by atoms with Gasteiger partial charge in [0.05, 0.1) is 23.4 Å². The number of nitrogens with one attached hydrogen (secondary N) is 2. The summed E-state index contributed by atoms with van der Waals surface area (Å²) in [5.74, 6) is 0.706. The van der Waals surface area contributed by atoms with Crippen LogP contribution in [0.1, 0.15) is 29.1 Å². The number of hydrogen-bond donors (Lipinski definition) is 2. The third-order valence-corrected chi connectivity index (χ3v) is 3.56. The number of rotatable bonds is 5. The summed E-state index contributed by atoms with van der Waals surface area (Å²) in [5.41, 5.74) is 0.555. The van der Waals surface area contributed by atoms with Crippen LogP contribution in [-0.4, -0.2) is 26.8 Å². The second-order valence-electron chi connectivity index (χ2n) is 4.01. The van der Waals surface area contributed by atoms with E-state index < -0.39 is 0 Å². The van der Waals surface area contributed by atoms with Gasteiger partial charge in [-0.3, -0.25) is 9.89 Å². The van der Waals surface area contributed by atoms with Crippen LogP contribution in [0, 0.1) is 11.3 Å². The van der Waals surface area contributed by atoms with Gasteiger partial charge >= 0.3 is 0 Å². The molecule has 0 aliphatic carbocycles. The minimum absolute atomic E-state index is 0.199. The molecule has 1 atom stereocenters. The predicted octanol–water partition coefficient (Wildman–Crippen LogP) is 1.91. The molecule has 1 amide bonds. The average Bonchev–Trinajstić information content (AvgIpc) is 2.99. The Labute approximate surface area is 120 Å². The molecule has 6 nitrogen and oxygen atoms in total. The lowest BCUT2D eigenvalue weighted by atomic mass is 10.2. The Morgan fingerprint density at radius 3 is 3.05 bits per heavy atom. The molecule has 0 saturated heterocycles. The zero-order chi connectivity index (χ0) is 14.4. The molecule has 0 bridgehead atoms. The van der Waals surface area contributed by atoms with Crippen molar-refractivity contribution in [1.82, 2.24) is 20.5 Å². The third-order valence-electron chi connectivity index (χ3n) is 2.62. The van der Waals surface area contributed by atoms with Crippen molar-refractivity contribution >= 4 is 17.7 Å². The summed E-state index contributed by atoms with van der Waals surface area (Å²) in [6.07, 6.45) is 1.40. The summed E-state index contributed by atoms with van der Waals surface area (Å²) >= 11 is 1.34. The first-order valence-electron chi connectivity index (χ1n) is 5.97. The van der Waals surface area contributed by atoms with Gasteiger partial charge < -0.3 is 5.32 Å². The Hall–Kier alpha value is -2.33. The zero-order valence-electron chi connectivity index (χ0n) is 10.8. The number of thioether (sulfide) groups is 1. The van der Waals surface area contributed by atoms with Gasteiger partial charge in [-0.1, -0.05) is 12.1 Å². The maximum Gasteiger partial charge on any atom is 0.252 e. The summed E-state index contributed by atoms with van der Waals surface area (Å²) in [5, 5.41) is 18.0. The molecule has 1 unspecified atom stereocenters. The normalized spacial score (nSPS) is 11.6. The Balaban J connectivity index is 2.11. The molecule has 0 radical (unpaired) electrons. The van der Waals surface area contributed by atoms with Gasteiger partial charge in [0, 0.05) is 4.90 Å². The van der Waals surface area contributed by atoms with Crippen molar-refractivity contribution in [3.63, 3.8) is 0 Å². The van der Waals surface area contributed by atoms with Gasteiger partial charge in [-0.25, -0.2) is 4.98 Å². The molecule has 102 valence electrons. The van der Waals surface area contributed by atoms with Crippen LogP contribution in [0.25, 0.3) is 0 Å². The first kappa shape index (κ1) is 14.1. The molecule has 0 aliphatic rings. The first-order chi connectivity index (χ1) is 9.72. The second kappa shape index (κ2) is 6.73. The van der Waals surface area contributed by atoms with Gasteiger partial charge in [0.1, 0.15) is 12.2 Å². The number of H-pyrrole nitrogens is 1. The molecular weight excluding hydrogens is 274 g/mol. The van der Waals surface area contributed by atoms with Crippen LogP contribution in [0.5, 0.6) is 0 Å². The van der Waals surface area contributed by atoms with Crippen LogP contribution >= 0.6 is 11.8 Å². The highest BCUT2D eigenvalue weighted by molar-refractivity contribution is 7.99. The van der Waals surface area contributed by atoms with Crippen molar-refractivity contribution < 1.29 is 4.79 Å². The van der Waals surface area contributed by atoms with E-state index in [1.807, 2.05) is 19.1 Å². The lowest BCUT2D eigenvalue weighted by Crippen LogP contribution is -2.27. The Morgan fingerprint density at radius 2 is 2.35 bits per heavy atom. The molecular formula is C13H13N5OS. The van der Waals surface area contributed by atoms with Crippen LogP contribution in [0.3, 0.4) is 0 Å². The summed E-state index contributed by atoms with van der Waals surface area (Å²) in [4.78, 5) is 17.1. The molecule has 7 heteroatoms.